The highest BCUT2D eigenvalue weighted by Crippen LogP contribution is 2.17. The van der Waals surface area contributed by atoms with E-state index < -0.39 is 0 Å². The molecule has 1 fully saturated rings. The van der Waals surface area contributed by atoms with Gasteiger partial charge >= 0.3 is 0 Å². The second kappa shape index (κ2) is 8.33. The van der Waals surface area contributed by atoms with E-state index >= 15 is 0 Å². The van der Waals surface area contributed by atoms with Crippen molar-refractivity contribution in [1.82, 2.24) is 10.2 Å². The molecule has 0 radical (unpaired) electrons. The molecule has 0 spiro atoms. The number of amides is 2. The van der Waals surface area contributed by atoms with Crippen LogP contribution in [-0.2, 0) is 22.7 Å². The summed E-state index contributed by atoms with van der Waals surface area (Å²) in [6.07, 6.45) is 1.58. The third-order valence-electron chi connectivity index (χ3n) is 4.35. The molecule has 0 aromatic heterocycles. The highest BCUT2D eigenvalue weighted by Gasteiger charge is 2.20. The van der Waals surface area contributed by atoms with Crippen LogP contribution < -0.4 is 10.6 Å². The summed E-state index contributed by atoms with van der Waals surface area (Å²) in [5.41, 5.74) is 3.06. The molecular weight excluding hydrogens is 314 g/mol. The van der Waals surface area contributed by atoms with Crippen LogP contribution in [0.2, 0.25) is 0 Å². The molecule has 0 unspecified atom stereocenters. The molecule has 2 aromatic carbocycles. The largest absolute Gasteiger partial charge is 0.376 e. The summed E-state index contributed by atoms with van der Waals surface area (Å²) in [4.78, 5) is 25.8. The Hall–Kier alpha value is -2.82. The van der Waals surface area contributed by atoms with E-state index in [0.717, 1.165) is 29.8 Å². The molecule has 2 N–H and O–H groups in total. The minimum Gasteiger partial charge on any atom is -0.376 e. The van der Waals surface area contributed by atoms with Gasteiger partial charge in [-0.25, -0.2) is 0 Å². The quantitative estimate of drug-likeness (QED) is 0.816. The average Bonchev–Trinajstić information content (AvgIpc) is 3.05. The molecule has 1 saturated heterocycles. The van der Waals surface area contributed by atoms with Gasteiger partial charge < -0.3 is 15.5 Å². The van der Waals surface area contributed by atoms with Crippen LogP contribution in [0.4, 0.5) is 5.69 Å². The third kappa shape index (κ3) is 4.83. The molecule has 1 aliphatic rings. The number of likely N-dealkylation sites (tertiary alicyclic amines) is 1. The minimum atomic E-state index is -0.0593. The average molecular weight is 337 g/mol. The zero-order valence-electron chi connectivity index (χ0n) is 14.2. The van der Waals surface area contributed by atoms with Gasteiger partial charge in [-0.1, -0.05) is 42.5 Å². The van der Waals surface area contributed by atoms with Crippen molar-refractivity contribution in [2.24, 2.45) is 0 Å². The molecular formula is C20H23N3O2. The first-order chi connectivity index (χ1) is 12.2. The van der Waals surface area contributed by atoms with E-state index in [1.54, 1.807) is 0 Å². The Morgan fingerprint density at radius 2 is 1.72 bits per heavy atom. The Bertz CT molecular complexity index is 731. The van der Waals surface area contributed by atoms with Gasteiger partial charge in [0, 0.05) is 31.7 Å². The maximum absolute atomic E-state index is 12.1. The normalized spacial score (nSPS) is 13.8. The van der Waals surface area contributed by atoms with Crippen LogP contribution in [0, 0.1) is 0 Å². The van der Waals surface area contributed by atoms with Crippen molar-refractivity contribution in [3.8, 4) is 0 Å². The van der Waals surface area contributed by atoms with Gasteiger partial charge in [-0.15, -0.1) is 0 Å². The number of benzene rings is 2. The van der Waals surface area contributed by atoms with Crippen LogP contribution in [0.15, 0.2) is 54.6 Å². The zero-order chi connectivity index (χ0) is 17.5. The number of anilines is 1. The van der Waals surface area contributed by atoms with Gasteiger partial charge in [0.15, 0.2) is 0 Å². The maximum atomic E-state index is 12.1. The van der Waals surface area contributed by atoms with Crippen LogP contribution >= 0.6 is 0 Å². The topological polar surface area (TPSA) is 61.4 Å². The molecule has 5 heteroatoms. The summed E-state index contributed by atoms with van der Waals surface area (Å²) in [6.45, 7) is 2.14. The fourth-order valence-electron chi connectivity index (χ4n) is 2.96. The SMILES string of the molecule is O=C(CNc1ccccc1)NCc1ccccc1CN1CCCC1=O. The maximum Gasteiger partial charge on any atom is 0.239 e. The lowest BCUT2D eigenvalue weighted by molar-refractivity contribution is -0.128. The molecule has 5 nitrogen and oxygen atoms in total. The highest BCUT2D eigenvalue weighted by molar-refractivity contribution is 5.80. The lowest BCUT2D eigenvalue weighted by Gasteiger charge is -2.18. The van der Waals surface area contributed by atoms with Gasteiger partial charge in [-0.2, -0.15) is 0 Å². The zero-order valence-corrected chi connectivity index (χ0v) is 14.2. The predicted molar refractivity (Wildman–Crippen MR) is 97.9 cm³/mol. The van der Waals surface area contributed by atoms with Gasteiger partial charge in [-0.05, 0) is 29.7 Å². The van der Waals surface area contributed by atoms with Gasteiger partial charge in [0.1, 0.15) is 0 Å². The van der Waals surface area contributed by atoms with E-state index in [0.29, 0.717) is 19.5 Å². The summed E-state index contributed by atoms with van der Waals surface area (Å²) >= 11 is 0. The first-order valence-corrected chi connectivity index (χ1v) is 8.62. The molecule has 0 atom stereocenters. The van der Waals surface area contributed by atoms with E-state index in [1.165, 1.54) is 0 Å². The number of hydrogen-bond donors (Lipinski definition) is 2. The number of rotatable bonds is 7. The molecule has 25 heavy (non-hydrogen) atoms. The number of carbonyl (C=O) groups excluding carboxylic acids is 2. The Labute approximate surface area is 148 Å². The van der Waals surface area contributed by atoms with Crippen molar-refractivity contribution < 1.29 is 9.59 Å². The van der Waals surface area contributed by atoms with Crippen LogP contribution in [0.3, 0.4) is 0 Å². The van der Waals surface area contributed by atoms with E-state index in [2.05, 4.69) is 10.6 Å². The fourth-order valence-corrected chi connectivity index (χ4v) is 2.96. The van der Waals surface area contributed by atoms with Crippen molar-refractivity contribution >= 4 is 17.5 Å². The Morgan fingerprint density at radius 3 is 2.44 bits per heavy atom. The van der Waals surface area contributed by atoms with Crippen molar-refractivity contribution in [2.75, 3.05) is 18.4 Å². The van der Waals surface area contributed by atoms with Crippen LogP contribution in [-0.4, -0.2) is 29.8 Å². The molecule has 0 bridgehead atoms. The smallest absolute Gasteiger partial charge is 0.239 e. The van der Waals surface area contributed by atoms with E-state index in [4.69, 9.17) is 0 Å². The molecule has 0 aliphatic carbocycles. The van der Waals surface area contributed by atoms with Crippen molar-refractivity contribution in [1.29, 1.82) is 0 Å². The summed E-state index contributed by atoms with van der Waals surface area (Å²) in [6, 6.07) is 17.6. The summed E-state index contributed by atoms with van der Waals surface area (Å²) in [5.74, 6) is 0.154. The standard InChI is InChI=1S/C20H23N3O2/c24-19(14-21-18-9-2-1-3-10-18)22-13-16-7-4-5-8-17(16)15-23-12-6-11-20(23)25/h1-5,7-10,21H,6,11-15H2,(H,22,24). The molecule has 0 saturated carbocycles. The number of nitrogens with zero attached hydrogens (tertiary/aromatic N) is 1. The minimum absolute atomic E-state index is 0.0593. The van der Waals surface area contributed by atoms with Gasteiger partial charge in [-0.3, -0.25) is 9.59 Å². The van der Waals surface area contributed by atoms with E-state index in [1.807, 2.05) is 59.5 Å². The predicted octanol–water partition coefficient (Wildman–Crippen LogP) is 2.54. The van der Waals surface area contributed by atoms with Crippen molar-refractivity contribution in [2.45, 2.75) is 25.9 Å². The number of para-hydroxylation sites is 1. The van der Waals surface area contributed by atoms with E-state index in [9.17, 15) is 9.59 Å². The molecule has 3 rings (SSSR count). The van der Waals surface area contributed by atoms with Gasteiger partial charge in [0.05, 0.1) is 6.54 Å². The number of carbonyl (C=O) groups is 2. The first kappa shape index (κ1) is 17.0. The molecule has 1 aliphatic heterocycles. The molecule has 2 aromatic rings. The lowest BCUT2D eigenvalue weighted by atomic mass is 10.1. The van der Waals surface area contributed by atoms with Crippen LogP contribution in [0.1, 0.15) is 24.0 Å². The molecule has 130 valence electrons. The Kier molecular flexibility index (Phi) is 5.67. The van der Waals surface area contributed by atoms with Crippen LogP contribution in [0.25, 0.3) is 0 Å². The highest BCUT2D eigenvalue weighted by atomic mass is 16.2. The van der Waals surface area contributed by atoms with E-state index in [-0.39, 0.29) is 18.4 Å². The first-order valence-electron chi connectivity index (χ1n) is 8.62. The summed E-state index contributed by atoms with van der Waals surface area (Å²) in [5, 5.41) is 6.04. The van der Waals surface area contributed by atoms with Crippen molar-refractivity contribution in [3.63, 3.8) is 0 Å². The van der Waals surface area contributed by atoms with Gasteiger partial charge in [0.25, 0.3) is 0 Å². The summed E-state index contributed by atoms with van der Waals surface area (Å²) in [7, 11) is 0. The van der Waals surface area contributed by atoms with Gasteiger partial charge in [0.2, 0.25) is 11.8 Å². The van der Waals surface area contributed by atoms with Crippen molar-refractivity contribution in [3.05, 3.63) is 65.7 Å². The molecule has 2 amide bonds. The monoisotopic (exact) mass is 337 g/mol. The summed E-state index contributed by atoms with van der Waals surface area (Å²) < 4.78 is 0. The second-order valence-electron chi connectivity index (χ2n) is 6.18. The Balaban J connectivity index is 1.52. The number of nitrogens with one attached hydrogen (secondary N) is 2. The fraction of sp³-hybridized carbons (Fsp3) is 0.300. The second-order valence-corrected chi connectivity index (χ2v) is 6.18. The Morgan fingerprint density at radius 1 is 1.00 bits per heavy atom. The third-order valence-corrected chi connectivity index (χ3v) is 4.35. The number of hydrogen-bond acceptors (Lipinski definition) is 3. The lowest BCUT2D eigenvalue weighted by Crippen LogP contribution is -2.30. The van der Waals surface area contributed by atoms with Crippen LogP contribution in [0.5, 0.6) is 0 Å². The molecule has 1 heterocycles.